The van der Waals surface area contributed by atoms with Gasteiger partial charge in [0.25, 0.3) is 0 Å². The summed E-state index contributed by atoms with van der Waals surface area (Å²) in [5.41, 5.74) is 2.19. The molecule has 5 heteroatoms. The van der Waals surface area contributed by atoms with Crippen LogP contribution in [0.15, 0.2) is 54.6 Å². The molecule has 3 rings (SSSR count). The second-order valence-electron chi connectivity index (χ2n) is 7.68. The van der Waals surface area contributed by atoms with Crippen molar-refractivity contribution in [2.45, 2.75) is 26.5 Å². The van der Waals surface area contributed by atoms with Crippen molar-refractivity contribution >= 4 is 12.4 Å². The predicted molar refractivity (Wildman–Crippen MR) is 113 cm³/mol. The first-order valence-corrected chi connectivity index (χ1v) is 9.42. The molecule has 0 unspecified atom stereocenters. The molecule has 148 valence electrons. The fourth-order valence-corrected chi connectivity index (χ4v) is 3.67. The quantitative estimate of drug-likeness (QED) is 0.757. The lowest BCUT2D eigenvalue weighted by Crippen LogP contribution is -2.49. The van der Waals surface area contributed by atoms with E-state index in [1.807, 2.05) is 30.3 Å². The van der Waals surface area contributed by atoms with E-state index in [2.05, 4.69) is 48.3 Å². The minimum Gasteiger partial charge on any atom is -0.489 e. The standard InChI is InChI=1S/C22H30N2O2.ClH/c1-22(2,17-25)21(24-14-12-23-13-15-24)19-8-10-20(11-9-19)26-16-18-6-4-3-5-7-18;/h3-11,21,23,25H,12-17H2,1-2H3;1H/t21-;/m1./s1. The molecule has 0 spiro atoms. The highest BCUT2D eigenvalue weighted by Crippen LogP contribution is 2.38. The fraction of sp³-hybridized carbons (Fsp3) is 0.455. The Morgan fingerprint density at radius 3 is 2.26 bits per heavy atom. The summed E-state index contributed by atoms with van der Waals surface area (Å²) in [7, 11) is 0. The van der Waals surface area contributed by atoms with Gasteiger partial charge in [-0.05, 0) is 23.3 Å². The molecule has 1 heterocycles. The van der Waals surface area contributed by atoms with Crippen molar-refractivity contribution in [2.75, 3.05) is 32.8 Å². The Kier molecular flexibility index (Phi) is 8.11. The summed E-state index contributed by atoms with van der Waals surface area (Å²) in [4.78, 5) is 2.48. The van der Waals surface area contributed by atoms with Gasteiger partial charge in [-0.2, -0.15) is 0 Å². The molecule has 1 fully saturated rings. The van der Waals surface area contributed by atoms with Gasteiger partial charge < -0.3 is 15.2 Å². The van der Waals surface area contributed by atoms with E-state index in [1.165, 1.54) is 5.56 Å². The summed E-state index contributed by atoms with van der Waals surface area (Å²) in [6.07, 6.45) is 0. The highest BCUT2D eigenvalue weighted by Gasteiger charge is 2.35. The zero-order valence-electron chi connectivity index (χ0n) is 16.2. The van der Waals surface area contributed by atoms with Crippen molar-refractivity contribution in [1.82, 2.24) is 10.2 Å². The van der Waals surface area contributed by atoms with Gasteiger partial charge in [0.15, 0.2) is 0 Å². The zero-order valence-corrected chi connectivity index (χ0v) is 17.0. The Balaban J connectivity index is 0.00000261. The Morgan fingerprint density at radius 2 is 1.67 bits per heavy atom. The molecule has 0 saturated carbocycles. The van der Waals surface area contributed by atoms with E-state index in [0.29, 0.717) is 6.61 Å². The molecule has 0 bridgehead atoms. The summed E-state index contributed by atoms with van der Waals surface area (Å²) in [5, 5.41) is 13.4. The van der Waals surface area contributed by atoms with E-state index in [1.54, 1.807) is 0 Å². The maximum absolute atomic E-state index is 9.95. The van der Waals surface area contributed by atoms with E-state index in [0.717, 1.165) is 37.5 Å². The number of aliphatic hydroxyl groups excluding tert-OH is 1. The van der Waals surface area contributed by atoms with Crippen molar-refractivity contribution < 1.29 is 9.84 Å². The SMILES string of the molecule is CC(C)(CO)[C@@H](c1ccc(OCc2ccccc2)cc1)N1CCNCC1.Cl. The highest BCUT2D eigenvalue weighted by atomic mass is 35.5. The number of hydrogen-bond donors (Lipinski definition) is 2. The first-order chi connectivity index (χ1) is 12.6. The van der Waals surface area contributed by atoms with Gasteiger partial charge in [0.05, 0.1) is 0 Å². The van der Waals surface area contributed by atoms with Crippen LogP contribution in [0.5, 0.6) is 5.75 Å². The number of ether oxygens (including phenoxy) is 1. The van der Waals surface area contributed by atoms with Crippen molar-refractivity contribution in [3.05, 3.63) is 65.7 Å². The third kappa shape index (κ3) is 5.69. The number of aliphatic hydroxyl groups is 1. The first-order valence-electron chi connectivity index (χ1n) is 9.42. The number of benzene rings is 2. The number of nitrogens with one attached hydrogen (secondary N) is 1. The Labute approximate surface area is 169 Å². The summed E-state index contributed by atoms with van der Waals surface area (Å²) in [6.45, 7) is 9.00. The molecule has 1 atom stereocenters. The molecule has 2 aromatic rings. The highest BCUT2D eigenvalue weighted by molar-refractivity contribution is 5.85. The van der Waals surface area contributed by atoms with Gasteiger partial charge in [0.1, 0.15) is 12.4 Å². The lowest BCUT2D eigenvalue weighted by molar-refractivity contribution is 0.0305. The zero-order chi connectivity index (χ0) is 18.4. The van der Waals surface area contributed by atoms with E-state index in [9.17, 15) is 5.11 Å². The van der Waals surface area contributed by atoms with Crippen LogP contribution < -0.4 is 10.1 Å². The van der Waals surface area contributed by atoms with Crippen LogP contribution in [-0.4, -0.2) is 42.8 Å². The Morgan fingerprint density at radius 1 is 1.04 bits per heavy atom. The molecule has 0 amide bonds. The number of hydrogen-bond acceptors (Lipinski definition) is 4. The molecule has 0 aromatic heterocycles. The molecule has 0 aliphatic carbocycles. The molecule has 27 heavy (non-hydrogen) atoms. The average Bonchev–Trinajstić information content (AvgIpc) is 2.69. The molecule has 1 aliphatic rings. The largest absolute Gasteiger partial charge is 0.489 e. The first kappa shape index (κ1) is 21.7. The number of piperazine rings is 1. The molecule has 1 saturated heterocycles. The Bertz CT molecular complexity index is 670. The predicted octanol–water partition coefficient (Wildman–Crippen LogP) is 3.65. The van der Waals surface area contributed by atoms with Crippen LogP contribution in [-0.2, 0) is 6.61 Å². The van der Waals surface area contributed by atoms with Gasteiger partial charge in [-0.25, -0.2) is 0 Å². The van der Waals surface area contributed by atoms with Crippen molar-refractivity contribution in [1.29, 1.82) is 0 Å². The van der Waals surface area contributed by atoms with Crippen LogP contribution in [0.2, 0.25) is 0 Å². The Hall–Kier alpha value is -1.59. The molecule has 2 aromatic carbocycles. The second-order valence-corrected chi connectivity index (χ2v) is 7.68. The minimum atomic E-state index is -0.205. The van der Waals surface area contributed by atoms with Gasteiger partial charge in [0, 0.05) is 44.2 Å². The van der Waals surface area contributed by atoms with Crippen LogP contribution >= 0.6 is 12.4 Å². The van der Waals surface area contributed by atoms with Crippen LogP contribution in [0.25, 0.3) is 0 Å². The average molecular weight is 391 g/mol. The maximum atomic E-state index is 9.95. The maximum Gasteiger partial charge on any atom is 0.119 e. The molecule has 0 radical (unpaired) electrons. The third-order valence-electron chi connectivity index (χ3n) is 5.11. The molecule has 4 nitrogen and oxygen atoms in total. The fourth-order valence-electron chi connectivity index (χ4n) is 3.67. The van der Waals surface area contributed by atoms with Crippen LogP contribution in [0.3, 0.4) is 0 Å². The minimum absolute atomic E-state index is 0. The third-order valence-corrected chi connectivity index (χ3v) is 5.11. The lowest BCUT2D eigenvalue weighted by Gasteiger charge is -2.43. The summed E-state index contributed by atoms with van der Waals surface area (Å²) in [5.74, 6) is 0.874. The summed E-state index contributed by atoms with van der Waals surface area (Å²) in [6, 6.07) is 18.8. The van der Waals surface area contributed by atoms with Gasteiger partial charge in [-0.3, -0.25) is 4.90 Å². The van der Waals surface area contributed by atoms with Crippen LogP contribution in [0, 0.1) is 5.41 Å². The van der Waals surface area contributed by atoms with Crippen molar-refractivity contribution in [3.8, 4) is 5.75 Å². The molecular weight excluding hydrogens is 360 g/mol. The smallest absolute Gasteiger partial charge is 0.119 e. The monoisotopic (exact) mass is 390 g/mol. The van der Waals surface area contributed by atoms with Crippen molar-refractivity contribution in [2.24, 2.45) is 5.41 Å². The topological polar surface area (TPSA) is 44.7 Å². The van der Waals surface area contributed by atoms with E-state index in [4.69, 9.17) is 4.74 Å². The number of halogens is 1. The molecule has 1 aliphatic heterocycles. The number of rotatable bonds is 7. The van der Waals surface area contributed by atoms with E-state index < -0.39 is 0 Å². The van der Waals surface area contributed by atoms with E-state index >= 15 is 0 Å². The summed E-state index contributed by atoms with van der Waals surface area (Å²) >= 11 is 0. The molecule has 2 N–H and O–H groups in total. The number of nitrogens with zero attached hydrogens (tertiary/aromatic N) is 1. The molecular formula is C22H31ClN2O2. The van der Waals surface area contributed by atoms with Gasteiger partial charge in [-0.15, -0.1) is 12.4 Å². The van der Waals surface area contributed by atoms with Gasteiger partial charge in [-0.1, -0.05) is 56.3 Å². The summed E-state index contributed by atoms with van der Waals surface area (Å²) < 4.78 is 5.91. The van der Waals surface area contributed by atoms with Crippen LogP contribution in [0.1, 0.15) is 31.0 Å². The van der Waals surface area contributed by atoms with Crippen molar-refractivity contribution in [3.63, 3.8) is 0 Å². The lowest BCUT2D eigenvalue weighted by atomic mass is 9.79. The van der Waals surface area contributed by atoms with Gasteiger partial charge >= 0.3 is 0 Å². The van der Waals surface area contributed by atoms with Crippen LogP contribution in [0.4, 0.5) is 0 Å². The second kappa shape index (κ2) is 10.1. The van der Waals surface area contributed by atoms with E-state index in [-0.39, 0.29) is 30.5 Å². The van der Waals surface area contributed by atoms with Gasteiger partial charge in [0.2, 0.25) is 0 Å². The normalized spacial score (nSPS) is 16.4.